The zero-order valence-electron chi connectivity index (χ0n) is 28.3. The van der Waals surface area contributed by atoms with E-state index in [0.29, 0.717) is 11.2 Å². The minimum Gasteiger partial charge on any atom is -0.501 e. The zero-order chi connectivity index (χ0) is 34.2. The summed E-state index contributed by atoms with van der Waals surface area (Å²) >= 11 is 0. The van der Waals surface area contributed by atoms with E-state index in [1.807, 2.05) is 54.7 Å². The molecule has 4 heterocycles. The van der Waals surface area contributed by atoms with E-state index in [2.05, 4.69) is 96.3 Å². The van der Waals surface area contributed by atoms with Crippen LogP contribution in [0.1, 0.15) is 11.1 Å². The summed E-state index contributed by atoms with van der Waals surface area (Å²) in [6, 6.07) is 46.0. The summed E-state index contributed by atoms with van der Waals surface area (Å²) in [5.41, 5.74) is 8.99. The Bertz CT molecular complexity index is 2610. The maximum Gasteiger partial charge on any atom is 0.126 e. The molecule has 0 atom stereocenters. The van der Waals surface area contributed by atoms with Crippen LogP contribution in [-0.2, 0) is 26.5 Å². The molecule has 7 heteroatoms. The molecule has 1 radical (unpaired) electrons. The van der Waals surface area contributed by atoms with E-state index >= 15 is 0 Å². The second-order valence-electron chi connectivity index (χ2n) is 13.4. The van der Waals surface area contributed by atoms with E-state index in [1.165, 1.54) is 28.4 Å². The molecule has 9 rings (SSSR count). The number of hydrogen-bond acceptors (Lipinski definition) is 4. The van der Waals surface area contributed by atoms with Crippen molar-refractivity contribution in [2.45, 2.75) is 26.1 Å². The maximum atomic E-state index is 13.5. The summed E-state index contributed by atoms with van der Waals surface area (Å²) in [6.45, 7) is 6.89. The molecule has 0 aliphatic carbocycles. The zero-order valence-corrected chi connectivity index (χ0v) is 31.7. The molecule has 0 N–H and O–H groups in total. The van der Waals surface area contributed by atoms with Gasteiger partial charge in [0.1, 0.15) is 17.0 Å². The van der Waals surface area contributed by atoms with Crippen molar-refractivity contribution in [1.82, 2.24) is 9.97 Å². The van der Waals surface area contributed by atoms with E-state index in [4.69, 9.17) is 8.83 Å². The van der Waals surface area contributed by atoms with E-state index in [1.54, 1.807) is 12.3 Å². The van der Waals surface area contributed by atoms with Crippen molar-refractivity contribution < 1.29 is 33.3 Å². The Kier molecular flexibility index (Phi) is 9.54. The van der Waals surface area contributed by atoms with Crippen LogP contribution in [0.3, 0.4) is 0 Å². The fourth-order valence-electron chi connectivity index (χ4n) is 6.32. The molecule has 0 spiro atoms. The van der Waals surface area contributed by atoms with Gasteiger partial charge in [-0.3, -0.25) is 0 Å². The van der Waals surface area contributed by atoms with Gasteiger partial charge in [0.15, 0.2) is 0 Å². The fraction of sp³-hybridized carbons (Fsp3) is 0.0909. The van der Waals surface area contributed by atoms with Gasteiger partial charge in [-0.05, 0) is 64.5 Å². The first-order valence-electron chi connectivity index (χ1n) is 16.6. The van der Waals surface area contributed by atoms with Crippen LogP contribution in [0, 0.1) is 17.9 Å². The van der Waals surface area contributed by atoms with Crippen LogP contribution in [0.25, 0.3) is 66.4 Å². The molecule has 5 aromatic carbocycles. The van der Waals surface area contributed by atoms with Crippen molar-refractivity contribution in [3.63, 3.8) is 0 Å². The topological polar surface area (TPSA) is 52.1 Å². The summed E-state index contributed by atoms with van der Waals surface area (Å²) in [5, 5.41) is 5.41. The van der Waals surface area contributed by atoms with Gasteiger partial charge < -0.3 is 18.8 Å². The average Bonchev–Trinajstić information content (AvgIpc) is 3.70. The minimum atomic E-state index is -1.38. The maximum absolute atomic E-state index is 13.5. The van der Waals surface area contributed by atoms with Gasteiger partial charge >= 0.3 is 0 Å². The number of halogens is 1. The van der Waals surface area contributed by atoms with Crippen molar-refractivity contribution >= 4 is 57.1 Å². The predicted octanol–water partition coefficient (Wildman–Crippen LogP) is 11.2. The van der Waals surface area contributed by atoms with Crippen molar-refractivity contribution in [2.24, 2.45) is 0 Å². The van der Waals surface area contributed by atoms with Crippen LogP contribution < -0.4 is 5.19 Å². The molecule has 51 heavy (non-hydrogen) atoms. The monoisotopic (exact) mass is 861 g/mol. The number of furan rings is 2. The summed E-state index contributed by atoms with van der Waals surface area (Å²) in [7, 11) is -1.38. The molecule has 0 saturated carbocycles. The van der Waals surface area contributed by atoms with Crippen molar-refractivity contribution in [2.75, 3.05) is 0 Å². The van der Waals surface area contributed by atoms with Gasteiger partial charge in [0.25, 0.3) is 0 Å². The molecular weight excluding hydrogens is 828 g/mol. The Balaban J connectivity index is 0.000000157. The minimum absolute atomic E-state index is 0. The molecule has 4 nitrogen and oxygen atoms in total. The van der Waals surface area contributed by atoms with E-state index in [-0.39, 0.29) is 25.9 Å². The van der Waals surface area contributed by atoms with Crippen LogP contribution in [0.4, 0.5) is 4.39 Å². The second kappa shape index (κ2) is 14.2. The second-order valence-corrected chi connectivity index (χ2v) is 18.5. The van der Waals surface area contributed by atoms with E-state index in [0.717, 1.165) is 61.6 Å². The smallest absolute Gasteiger partial charge is 0.126 e. The fourth-order valence-corrected chi connectivity index (χ4v) is 7.36. The summed E-state index contributed by atoms with van der Waals surface area (Å²) in [4.78, 5) is 9.07. The van der Waals surface area contributed by atoms with Crippen LogP contribution in [-0.4, -0.2) is 18.0 Å². The number of rotatable bonds is 5. The van der Waals surface area contributed by atoms with Crippen LogP contribution in [0.5, 0.6) is 0 Å². The molecule has 0 amide bonds. The Morgan fingerprint density at radius 2 is 1.29 bits per heavy atom. The largest absolute Gasteiger partial charge is 0.501 e. The molecular formula is C44H33FIrN2O2Si-2. The van der Waals surface area contributed by atoms with Gasteiger partial charge in [-0.2, -0.15) is 0 Å². The third kappa shape index (κ3) is 6.93. The normalized spacial score (nSPS) is 11.5. The number of pyridine rings is 2. The molecule has 0 unspecified atom stereocenters. The van der Waals surface area contributed by atoms with Crippen molar-refractivity contribution in [1.29, 1.82) is 0 Å². The van der Waals surface area contributed by atoms with Gasteiger partial charge in [-0.15, -0.1) is 36.4 Å². The molecule has 253 valence electrons. The molecule has 0 fully saturated rings. The predicted molar refractivity (Wildman–Crippen MR) is 204 cm³/mol. The quantitative estimate of drug-likeness (QED) is 0.128. The Labute approximate surface area is 310 Å². The SMILES string of the molecule is C[Si](C)(C)c1ccc(-c2[c-]ccc3c2oc2cc(F)ccc23)nc1.[Ir].[c-]1ccc2c(oc3ccc(Cc4ccccc4)cc32)c1-c1ccccn1. The van der Waals surface area contributed by atoms with Gasteiger partial charge in [0, 0.05) is 49.3 Å². The number of nitrogens with zero attached hydrogens (tertiary/aromatic N) is 2. The number of hydrogen-bond donors (Lipinski definition) is 0. The first-order chi connectivity index (χ1) is 24.3. The third-order valence-electron chi connectivity index (χ3n) is 8.95. The Morgan fingerprint density at radius 3 is 1.96 bits per heavy atom. The first-order valence-corrected chi connectivity index (χ1v) is 20.1. The molecule has 4 aromatic heterocycles. The number of benzene rings is 5. The van der Waals surface area contributed by atoms with Gasteiger partial charge in [-0.1, -0.05) is 102 Å². The summed E-state index contributed by atoms with van der Waals surface area (Å²) < 4.78 is 25.6. The van der Waals surface area contributed by atoms with Gasteiger partial charge in [0.2, 0.25) is 0 Å². The molecule has 0 aliphatic rings. The molecule has 9 aromatic rings. The Hall–Kier alpha value is -5.20. The van der Waals surface area contributed by atoms with E-state index < -0.39 is 8.07 Å². The van der Waals surface area contributed by atoms with Crippen LogP contribution in [0.2, 0.25) is 19.6 Å². The summed E-state index contributed by atoms with van der Waals surface area (Å²) in [5.74, 6) is -0.301. The number of aromatic nitrogens is 2. The standard InChI is InChI=1S/C24H16NO.C20H17FNOSi.Ir/c1-2-7-17(8-3-1)15-18-12-13-23-21(16-18)19-9-6-10-20(24(19)26-23)22-11-4-5-14-25-22;1-24(2,3)14-8-10-18(22-12-14)17-6-4-5-16-15-9-7-13(21)11-19(15)23-20(16)17;/h1-9,11-14,16H,15H2;4-5,7-12H,1-3H3;/q2*-1;. The average molecular weight is 861 g/mol. The number of fused-ring (bicyclic) bond motifs is 6. The molecule has 0 aliphatic heterocycles. The van der Waals surface area contributed by atoms with E-state index in [9.17, 15) is 4.39 Å². The third-order valence-corrected chi connectivity index (χ3v) is 11.0. The molecule has 0 bridgehead atoms. The van der Waals surface area contributed by atoms with Crippen molar-refractivity contribution in [3.8, 4) is 22.5 Å². The first kappa shape index (κ1) is 34.3. The Morgan fingerprint density at radius 1 is 0.608 bits per heavy atom. The van der Waals surface area contributed by atoms with Gasteiger partial charge in [-0.25, -0.2) is 4.39 Å². The van der Waals surface area contributed by atoms with Crippen molar-refractivity contribution in [3.05, 3.63) is 163 Å². The molecule has 0 saturated heterocycles. The van der Waals surface area contributed by atoms with Gasteiger partial charge in [0.05, 0.1) is 19.2 Å². The summed E-state index contributed by atoms with van der Waals surface area (Å²) in [6.07, 6.45) is 4.66. The van der Waals surface area contributed by atoms with Crippen LogP contribution >= 0.6 is 0 Å². The van der Waals surface area contributed by atoms with Crippen LogP contribution in [0.15, 0.2) is 143 Å².